The molecule has 1 saturated heterocycles. The van der Waals surface area contributed by atoms with E-state index in [0.717, 1.165) is 50.6 Å². The number of likely N-dealkylation sites (tertiary alicyclic amines) is 1. The fourth-order valence-corrected chi connectivity index (χ4v) is 3.60. The monoisotopic (exact) mass is 288 g/mol. The first-order chi connectivity index (χ1) is 8.56. The van der Waals surface area contributed by atoms with E-state index in [4.69, 9.17) is 5.73 Å². The van der Waals surface area contributed by atoms with Gasteiger partial charge in [-0.2, -0.15) is 0 Å². The van der Waals surface area contributed by atoms with Crippen LogP contribution in [-0.4, -0.2) is 29.9 Å². The molecule has 2 aliphatic rings. The van der Waals surface area contributed by atoms with Crippen molar-refractivity contribution in [3.8, 4) is 0 Å². The highest BCUT2D eigenvalue weighted by atomic mass is 35.5. The van der Waals surface area contributed by atoms with Gasteiger partial charge in [0.1, 0.15) is 0 Å². The molecule has 3 nitrogen and oxygen atoms in total. The van der Waals surface area contributed by atoms with E-state index in [-0.39, 0.29) is 24.4 Å². The summed E-state index contributed by atoms with van der Waals surface area (Å²) in [5.74, 6) is 2.07. The molecular weight excluding hydrogens is 260 g/mol. The van der Waals surface area contributed by atoms with Crippen molar-refractivity contribution in [2.45, 2.75) is 58.4 Å². The van der Waals surface area contributed by atoms with E-state index in [9.17, 15) is 4.79 Å². The lowest BCUT2D eigenvalue weighted by Crippen LogP contribution is -2.39. The molecule has 2 N–H and O–H groups in total. The minimum atomic E-state index is 0. The summed E-state index contributed by atoms with van der Waals surface area (Å²) in [6.07, 6.45) is 6.64. The number of nitrogens with zero attached hydrogens (tertiary/aromatic N) is 1. The van der Waals surface area contributed by atoms with Crippen molar-refractivity contribution < 1.29 is 4.79 Å². The molecule has 19 heavy (non-hydrogen) atoms. The Morgan fingerprint density at radius 3 is 2.68 bits per heavy atom. The predicted molar refractivity (Wildman–Crippen MR) is 81.3 cm³/mol. The Balaban J connectivity index is 0.00000180. The van der Waals surface area contributed by atoms with Gasteiger partial charge < -0.3 is 10.6 Å². The highest BCUT2D eigenvalue weighted by molar-refractivity contribution is 5.85. The fourth-order valence-electron chi connectivity index (χ4n) is 3.60. The number of hydrogen-bond donors (Lipinski definition) is 1. The summed E-state index contributed by atoms with van der Waals surface area (Å²) in [7, 11) is 0. The van der Waals surface area contributed by atoms with Crippen molar-refractivity contribution in [2.24, 2.45) is 23.5 Å². The number of nitrogens with two attached hydrogens (primary N) is 1. The Bertz CT molecular complexity index is 296. The minimum absolute atomic E-state index is 0. The maximum absolute atomic E-state index is 12.4. The Morgan fingerprint density at radius 2 is 2.05 bits per heavy atom. The number of carbonyl (C=O) groups excluding carboxylic acids is 1. The van der Waals surface area contributed by atoms with Gasteiger partial charge in [0.15, 0.2) is 0 Å². The highest BCUT2D eigenvalue weighted by Crippen LogP contribution is 2.29. The molecule has 3 unspecified atom stereocenters. The summed E-state index contributed by atoms with van der Waals surface area (Å²) in [5.41, 5.74) is 5.98. The molecule has 1 amide bonds. The molecule has 112 valence electrons. The van der Waals surface area contributed by atoms with Gasteiger partial charge in [-0.3, -0.25) is 4.79 Å². The molecule has 3 atom stereocenters. The van der Waals surface area contributed by atoms with Crippen LogP contribution in [0.3, 0.4) is 0 Å². The Labute approximate surface area is 123 Å². The second-order valence-corrected chi connectivity index (χ2v) is 6.69. The smallest absolute Gasteiger partial charge is 0.225 e. The molecule has 4 heteroatoms. The van der Waals surface area contributed by atoms with E-state index >= 15 is 0 Å². The maximum atomic E-state index is 12.4. The van der Waals surface area contributed by atoms with Gasteiger partial charge in [-0.15, -0.1) is 12.4 Å². The van der Waals surface area contributed by atoms with Crippen molar-refractivity contribution in [3.63, 3.8) is 0 Å². The van der Waals surface area contributed by atoms with Gasteiger partial charge in [0.05, 0.1) is 0 Å². The van der Waals surface area contributed by atoms with Crippen LogP contribution in [0.4, 0.5) is 0 Å². The Morgan fingerprint density at radius 1 is 1.32 bits per heavy atom. The largest absolute Gasteiger partial charge is 0.342 e. The second kappa shape index (κ2) is 7.49. The van der Waals surface area contributed by atoms with Gasteiger partial charge in [-0.05, 0) is 43.9 Å². The van der Waals surface area contributed by atoms with E-state index in [2.05, 4.69) is 18.7 Å². The zero-order chi connectivity index (χ0) is 13.1. The molecule has 0 bridgehead atoms. The molecule has 2 fully saturated rings. The number of carbonyl (C=O) groups is 1. The third-order valence-corrected chi connectivity index (χ3v) is 4.47. The normalized spacial score (nSPS) is 31.4. The standard InChI is InChI=1S/C15H28N2O.ClH/c1-11(2)8-12-6-7-17(10-12)15(18)13-4-3-5-14(16)9-13;/h11-14H,3-10,16H2,1-2H3;1H. The zero-order valence-corrected chi connectivity index (χ0v) is 13.1. The Kier molecular flexibility index (Phi) is 6.61. The molecular formula is C15H29ClN2O. The molecule has 0 aromatic rings. The number of amides is 1. The number of hydrogen-bond acceptors (Lipinski definition) is 2. The van der Waals surface area contributed by atoms with Crippen molar-refractivity contribution in [1.29, 1.82) is 0 Å². The van der Waals surface area contributed by atoms with E-state index < -0.39 is 0 Å². The third kappa shape index (κ3) is 4.64. The van der Waals surface area contributed by atoms with Crippen LogP contribution in [0.1, 0.15) is 52.4 Å². The lowest BCUT2D eigenvalue weighted by atomic mass is 9.85. The van der Waals surface area contributed by atoms with Crippen molar-refractivity contribution in [1.82, 2.24) is 4.90 Å². The summed E-state index contributed by atoms with van der Waals surface area (Å²) in [6, 6.07) is 0.252. The van der Waals surface area contributed by atoms with Gasteiger partial charge >= 0.3 is 0 Å². The highest BCUT2D eigenvalue weighted by Gasteiger charge is 2.33. The van der Waals surface area contributed by atoms with Gasteiger partial charge in [0.2, 0.25) is 5.91 Å². The van der Waals surface area contributed by atoms with E-state index in [1.165, 1.54) is 12.8 Å². The average molecular weight is 289 g/mol. The van der Waals surface area contributed by atoms with Crippen LogP contribution >= 0.6 is 12.4 Å². The summed E-state index contributed by atoms with van der Waals surface area (Å²) >= 11 is 0. The van der Waals surface area contributed by atoms with Crippen LogP contribution in [0.2, 0.25) is 0 Å². The van der Waals surface area contributed by atoms with Crippen LogP contribution < -0.4 is 5.73 Å². The molecule has 0 aromatic carbocycles. The van der Waals surface area contributed by atoms with Crippen LogP contribution in [0, 0.1) is 17.8 Å². The van der Waals surface area contributed by atoms with Gasteiger partial charge in [0.25, 0.3) is 0 Å². The summed E-state index contributed by atoms with van der Waals surface area (Å²) in [4.78, 5) is 14.6. The molecule has 1 aliphatic carbocycles. The lowest BCUT2D eigenvalue weighted by molar-refractivity contribution is -0.135. The SMILES string of the molecule is CC(C)CC1CCN(C(=O)C2CCCC(N)C2)C1.Cl. The first-order valence-corrected chi connectivity index (χ1v) is 7.60. The van der Waals surface area contributed by atoms with Gasteiger partial charge in [0, 0.05) is 25.0 Å². The van der Waals surface area contributed by atoms with Crippen molar-refractivity contribution in [2.75, 3.05) is 13.1 Å². The van der Waals surface area contributed by atoms with Crippen LogP contribution in [0.5, 0.6) is 0 Å². The van der Waals surface area contributed by atoms with Crippen molar-refractivity contribution in [3.05, 3.63) is 0 Å². The van der Waals surface area contributed by atoms with E-state index in [1.807, 2.05) is 0 Å². The average Bonchev–Trinajstić information content (AvgIpc) is 2.75. The molecule has 0 spiro atoms. The first-order valence-electron chi connectivity index (χ1n) is 7.60. The van der Waals surface area contributed by atoms with Crippen LogP contribution in [0.25, 0.3) is 0 Å². The maximum Gasteiger partial charge on any atom is 0.225 e. The quantitative estimate of drug-likeness (QED) is 0.868. The van der Waals surface area contributed by atoms with Gasteiger partial charge in [-0.25, -0.2) is 0 Å². The van der Waals surface area contributed by atoms with Crippen molar-refractivity contribution >= 4 is 18.3 Å². The van der Waals surface area contributed by atoms with Crippen LogP contribution in [0.15, 0.2) is 0 Å². The number of halogens is 1. The van der Waals surface area contributed by atoms with E-state index in [1.54, 1.807) is 0 Å². The lowest BCUT2D eigenvalue weighted by Gasteiger charge is -2.29. The number of rotatable bonds is 3. The molecule has 2 rings (SSSR count). The predicted octanol–water partition coefficient (Wildman–Crippen LogP) is 2.82. The van der Waals surface area contributed by atoms with Gasteiger partial charge in [-0.1, -0.05) is 20.3 Å². The summed E-state index contributed by atoms with van der Waals surface area (Å²) < 4.78 is 0. The second-order valence-electron chi connectivity index (χ2n) is 6.69. The molecule has 0 radical (unpaired) electrons. The third-order valence-electron chi connectivity index (χ3n) is 4.47. The topological polar surface area (TPSA) is 46.3 Å². The molecule has 1 aliphatic heterocycles. The molecule has 1 saturated carbocycles. The Hall–Kier alpha value is -0.280. The first kappa shape index (κ1) is 16.8. The summed E-state index contributed by atoms with van der Waals surface area (Å²) in [6.45, 7) is 6.50. The van der Waals surface area contributed by atoms with E-state index in [0.29, 0.717) is 5.91 Å². The fraction of sp³-hybridized carbons (Fsp3) is 0.933. The summed E-state index contributed by atoms with van der Waals surface area (Å²) in [5, 5.41) is 0. The zero-order valence-electron chi connectivity index (χ0n) is 12.3. The minimum Gasteiger partial charge on any atom is -0.342 e. The van der Waals surface area contributed by atoms with Crippen LogP contribution in [-0.2, 0) is 4.79 Å². The molecule has 1 heterocycles. The molecule has 0 aromatic heterocycles.